The molecule has 1 heterocycles. The topological polar surface area (TPSA) is 44.1 Å². The fraction of sp³-hybridized carbons (Fsp3) is 0.333. The Morgan fingerprint density at radius 2 is 2.11 bits per heavy atom. The van der Waals surface area contributed by atoms with Crippen molar-refractivity contribution in [3.8, 4) is 0 Å². The number of ether oxygens (including phenoxy) is 1. The number of rotatable bonds is 7. The molecule has 0 unspecified atom stereocenters. The summed E-state index contributed by atoms with van der Waals surface area (Å²) >= 11 is 0. The maximum Gasteiger partial charge on any atom is 0.333 e. The van der Waals surface area contributed by atoms with Gasteiger partial charge in [-0.05, 0) is 13.8 Å². The van der Waals surface area contributed by atoms with E-state index in [1.54, 1.807) is 13.0 Å². The molecule has 0 aromatic carbocycles. The summed E-state index contributed by atoms with van der Waals surface area (Å²) in [6.45, 7) is 15.3. The van der Waals surface area contributed by atoms with E-state index in [4.69, 9.17) is 4.74 Å². The molecule has 1 rings (SSSR count). The Balaban J connectivity index is 2.96. The molecule has 0 saturated heterocycles. The van der Waals surface area contributed by atoms with Crippen LogP contribution in [-0.2, 0) is 29.1 Å². The van der Waals surface area contributed by atoms with E-state index in [1.807, 2.05) is 17.6 Å². The maximum absolute atomic E-state index is 11.4. The van der Waals surface area contributed by atoms with Gasteiger partial charge in [0.25, 0.3) is 0 Å². The first-order valence-corrected chi connectivity index (χ1v) is 6.10. The van der Waals surface area contributed by atoms with Gasteiger partial charge in [-0.3, -0.25) is 0 Å². The van der Waals surface area contributed by atoms with Crippen molar-refractivity contribution in [2.24, 2.45) is 0 Å². The summed E-state index contributed by atoms with van der Waals surface area (Å²) in [6, 6.07) is 0. The molecule has 0 atom stereocenters. The minimum atomic E-state index is -0.406. The average molecular weight is 260 g/mol. The van der Waals surface area contributed by atoms with Crippen LogP contribution in [0.3, 0.4) is 0 Å². The Morgan fingerprint density at radius 3 is 2.63 bits per heavy atom. The number of aryl methyl sites for hydroxylation is 1. The van der Waals surface area contributed by atoms with Gasteiger partial charge in [0.05, 0.1) is 5.69 Å². The highest BCUT2D eigenvalue weighted by molar-refractivity contribution is 5.86. The summed E-state index contributed by atoms with van der Waals surface area (Å²) in [5.41, 5.74) is 2.37. The molecule has 1 aromatic heterocycles. The van der Waals surface area contributed by atoms with Gasteiger partial charge in [-0.15, -0.1) is 13.2 Å². The van der Waals surface area contributed by atoms with Crippen LogP contribution >= 0.6 is 0 Å². The normalized spacial score (nSPS) is 10.0. The van der Waals surface area contributed by atoms with E-state index >= 15 is 0 Å². The third-order valence-electron chi connectivity index (χ3n) is 2.68. The standard InChI is InChI=1S/C15H20N2O2/c1-6-8-13-12(5)16-14(17(13)9-7-2)10-19-15(18)11(3)4/h6-7H,1-3,8-10H2,4-5H3. The molecule has 0 bridgehead atoms. The highest BCUT2D eigenvalue weighted by atomic mass is 16.5. The van der Waals surface area contributed by atoms with Gasteiger partial charge in [-0.25, -0.2) is 9.78 Å². The number of imidazole rings is 1. The van der Waals surface area contributed by atoms with E-state index in [-0.39, 0.29) is 6.61 Å². The first-order valence-electron chi connectivity index (χ1n) is 6.10. The fourth-order valence-corrected chi connectivity index (χ4v) is 1.77. The fourth-order valence-electron chi connectivity index (χ4n) is 1.77. The minimum Gasteiger partial charge on any atom is -0.454 e. The first kappa shape index (κ1) is 15.0. The highest BCUT2D eigenvalue weighted by Gasteiger charge is 2.14. The molecule has 0 aliphatic carbocycles. The van der Waals surface area contributed by atoms with Gasteiger partial charge in [-0.1, -0.05) is 18.7 Å². The highest BCUT2D eigenvalue weighted by Crippen LogP contribution is 2.14. The van der Waals surface area contributed by atoms with Gasteiger partial charge in [0.15, 0.2) is 0 Å². The molecule has 1 aromatic rings. The molecule has 0 aliphatic rings. The van der Waals surface area contributed by atoms with E-state index < -0.39 is 5.97 Å². The zero-order valence-corrected chi connectivity index (χ0v) is 11.6. The second kappa shape index (κ2) is 6.73. The lowest BCUT2D eigenvalue weighted by molar-refractivity contribution is -0.140. The van der Waals surface area contributed by atoms with Crippen LogP contribution in [0.15, 0.2) is 37.5 Å². The monoisotopic (exact) mass is 260 g/mol. The van der Waals surface area contributed by atoms with E-state index in [2.05, 4.69) is 24.7 Å². The predicted molar refractivity (Wildman–Crippen MR) is 75.7 cm³/mol. The van der Waals surface area contributed by atoms with E-state index in [0.717, 1.165) is 17.8 Å². The van der Waals surface area contributed by atoms with Gasteiger partial charge in [0, 0.05) is 24.2 Å². The van der Waals surface area contributed by atoms with E-state index in [0.29, 0.717) is 17.9 Å². The number of allylic oxidation sites excluding steroid dienone is 2. The van der Waals surface area contributed by atoms with Gasteiger partial charge >= 0.3 is 5.97 Å². The number of esters is 1. The van der Waals surface area contributed by atoms with Crippen LogP contribution < -0.4 is 0 Å². The van der Waals surface area contributed by atoms with Crippen LogP contribution in [0, 0.1) is 6.92 Å². The summed E-state index contributed by atoms with van der Waals surface area (Å²) in [5, 5.41) is 0. The summed E-state index contributed by atoms with van der Waals surface area (Å²) in [5.74, 6) is 0.305. The van der Waals surface area contributed by atoms with Crippen molar-refractivity contribution >= 4 is 5.97 Å². The van der Waals surface area contributed by atoms with E-state index in [1.165, 1.54) is 0 Å². The quantitative estimate of drug-likeness (QED) is 0.430. The van der Waals surface area contributed by atoms with Crippen LogP contribution in [0.1, 0.15) is 24.1 Å². The third kappa shape index (κ3) is 3.68. The molecule has 0 radical (unpaired) electrons. The summed E-state index contributed by atoms with van der Waals surface area (Å²) < 4.78 is 7.14. The van der Waals surface area contributed by atoms with Crippen LogP contribution in [0.4, 0.5) is 0 Å². The van der Waals surface area contributed by atoms with Crippen LogP contribution in [0.25, 0.3) is 0 Å². The zero-order chi connectivity index (χ0) is 14.4. The molecular formula is C15H20N2O2. The molecule has 0 spiro atoms. The average Bonchev–Trinajstić information content (AvgIpc) is 2.65. The largest absolute Gasteiger partial charge is 0.454 e. The third-order valence-corrected chi connectivity index (χ3v) is 2.68. The van der Waals surface area contributed by atoms with Gasteiger partial charge in [0.2, 0.25) is 0 Å². The van der Waals surface area contributed by atoms with E-state index in [9.17, 15) is 4.79 Å². The molecule has 19 heavy (non-hydrogen) atoms. The summed E-state index contributed by atoms with van der Waals surface area (Å²) in [7, 11) is 0. The van der Waals surface area contributed by atoms with Gasteiger partial charge in [-0.2, -0.15) is 0 Å². The van der Waals surface area contributed by atoms with Crippen molar-refractivity contribution in [3.05, 3.63) is 54.7 Å². The molecule has 0 amide bonds. The molecule has 0 fully saturated rings. The predicted octanol–water partition coefficient (Wildman–Crippen LogP) is 2.73. The second-order valence-corrected chi connectivity index (χ2v) is 4.31. The number of carbonyl (C=O) groups excluding carboxylic acids is 1. The molecule has 0 saturated carbocycles. The minimum absolute atomic E-state index is 0.136. The van der Waals surface area contributed by atoms with Crippen molar-refractivity contribution < 1.29 is 9.53 Å². The number of nitrogens with zero attached hydrogens (tertiary/aromatic N) is 2. The molecule has 0 N–H and O–H groups in total. The van der Waals surface area contributed by atoms with Crippen molar-refractivity contribution in [1.29, 1.82) is 0 Å². The number of hydrogen-bond donors (Lipinski definition) is 0. The molecule has 0 aliphatic heterocycles. The Hall–Kier alpha value is -2.10. The van der Waals surface area contributed by atoms with Crippen molar-refractivity contribution in [2.75, 3.05) is 0 Å². The van der Waals surface area contributed by atoms with Gasteiger partial charge < -0.3 is 9.30 Å². The number of aromatic nitrogens is 2. The Kier molecular flexibility index (Phi) is 5.30. The van der Waals surface area contributed by atoms with Crippen molar-refractivity contribution in [2.45, 2.75) is 33.4 Å². The second-order valence-electron chi connectivity index (χ2n) is 4.31. The first-order chi connectivity index (χ1) is 9.01. The zero-order valence-electron chi connectivity index (χ0n) is 11.6. The molecular weight excluding hydrogens is 240 g/mol. The summed E-state index contributed by atoms with van der Waals surface area (Å²) in [4.78, 5) is 15.8. The smallest absolute Gasteiger partial charge is 0.333 e. The lowest BCUT2D eigenvalue weighted by Gasteiger charge is -2.09. The number of hydrogen-bond acceptors (Lipinski definition) is 3. The Labute approximate surface area is 114 Å². The lowest BCUT2D eigenvalue weighted by atomic mass is 10.2. The summed E-state index contributed by atoms with van der Waals surface area (Å²) in [6.07, 6.45) is 4.34. The van der Waals surface area contributed by atoms with Crippen LogP contribution in [-0.4, -0.2) is 15.5 Å². The molecule has 4 heteroatoms. The van der Waals surface area contributed by atoms with Crippen molar-refractivity contribution in [3.63, 3.8) is 0 Å². The lowest BCUT2D eigenvalue weighted by Crippen LogP contribution is -2.11. The Morgan fingerprint density at radius 1 is 1.42 bits per heavy atom. The van der Waals surface area contributed by atoms with Crippen molar-refractivity contribution in [1.82, 2.24) is 9.55 Å². The number of carbonyl (C=O) groups is 1. The molecule has 4 nitrogen and oxygen atoms in total. The van der Waals surface area contributed by atoms with Gasteiger partial charge in [0.1, 0.15) is 12.4 Å². The van der Waals surface area contributed by atoms with Crippen LogP contribution in [0.2, 0.25) is 0 Å². The molecule has 102 valence electrons. The SMILES string of the molecule is C=CCc1c(C)nc(COC(=O)C(=C)C)n1CC=C. The van der Waals surface area contributed by atoms with Crippen LogP contribution in [0.5, 0.6) is 0 Å². The Bertz CT molecular complexity index is 512. The maximum atomic E-state index is 11.4.